The van der Waals surface area contributed by atoms with E-state index in [1.54, 1.807) is 13.8 Å². The van der Waals surface area contributed by atoms with E-state index in [0.29, 0.717) is 0 Å². The van der Waals surface area contributed by atoms with Crippen LogP contribution >= 0.6 is 0 Å². The molecule has 0 aromatic heterocycles. The van der Waals surface area contributed by atoms with Gasteiger partial charge in [-0.2, -0.15) is 13.2 Å². The van der Waals surface area contributed by atoms with E-state index in [1.165, 1.54) is 6.92 Å². The summed E-state index contributed by atoms with van der Waals surface area (Å²) in [6.07, 6.45) is -5.47. The van der Waals surface area contributed by atoms with Crippen molar-refractivity contribution in [1.82, 2.24) is 5.32 Å². The summed E-state index contributed by atoms with van der Waals surface area (Å²) in [5, 5.41) is 11.1. The van der Waals surface area contributed by atoms with Gasteiger partial charge in [-0.25, -0.2) is 0 Å². The minimum Gasteiger partial charge on any atom is -0.481 e. The van der Waals surface area contributed by atoms with Crippen molar-refractivity contribution in [3.63, 3.8) is 0 Å². The van der Waals surface area contributed by atoms with Crippen molar-refractivity contribution in [2.75, 3.05) is 0 Å². The average molecular weight is 267 g/mol. The van der Waals surface area contributed by atoms with E-state index in [4.69, 9.17) is 5.11 Å². The number of aliphatic carboxylic acids is 1. The quantitative estimate of drug-likeness (QED) is 0.816. The van der Waals surface area contributed by atoms with E-state index in [9.17, 15) is 22.8 Å². The van der Waals surface area contributed by atoms with E-state index in [2.05, 4.69) is 5.32 Å². The molecular weight excluding hydrogens is 251 g/mol. The third-order valence-electron chi connectivity index (χ3n) is 3.30. The molecule has 0 spiro atoms. The highest BCUT2D eigenvalue weighted by Gasteiger charge is 2.65. The number of hydrogen-bond donors (Lipinski definition) is 2. The third kappa shape index (κ3) is 3.14. The Morgan fingerprint density at radius 2 is 1.83 bits per heavy atom. The van der Waals surface area contributed by atoms with Crippen LogP contribution in [-0.4, -0.2) is 29.2 Å². The number of nitrogens with one attached hydrogen (secondary N) is 1. The highest BCUT2D eigenvalue weighted by Crippen LogP contribution is 2.58. The molecule has 7 heteroatoms. The largest absolute Gasteiger partial charge is 0.481 e. The number of carbonyl (C=O) groups is 2. The van der Waals surface area contributed by atoms with Crippen LogP contribution in [0.4, 0.5) is 13.2 Å². The molecule has 0 aliphatic heterocycles. The van der Waals surface area contributed by atoms with Crippen LogP contribution in [0.3, 0.4) is 0 Å². The lowest BCUT2D eigenvalue weighted by atomic mass is 10.1. The molecule has 1 aliphatic rings. The zero-order chi connectivity index (χ0) is 14.3. The van der Waals surface area contributed by atoms with E-state index < -0.39 is 47.8 Å². The van der Waals surface area contributed by atoms with Crippen molar-refractivity contribution in [1.29, 1.82) is 0 Å². The minimum absolute atomic E-state index is 0.621. The van der Waals surface area contributed by atoms with Crippen LogP contribution in [0.25, 0.3) is 0 Å². The molecule has 18 heavy (non-hydrogen) atoms. The van der Waals surface area contributed by atoms with Gasteiger partial charge in [-0.15, -0.1) is 0 Å². The highest BCUT2D eigenvalue weighted by atomic mass is 19.4. The van der Waals surface area contributed by atoms with Gasteiger partial charge in [0.15, 0.2) is 0 Å². The number of amides is 1. The Morgan fingerprint density at radius 1 is 1.33 bits per heavy atom. The molecule has 0 heterocycles. The fourth-order valence-corrected chi connectivity index (χ4v) is 2.32. The van der Waals surface area contributed by atoms with Gasteiger partial charge in [0, 0.05) is 6.04 Å². The summed E-state index contributed by atoms with van der Waals surface area (Å²) in [4.78, 5) is 22.5. The fraction of sp³-hybridized carbons (Fsp3) is 0.818. The van der Waals surface area contributed by atoms with Crippen LogP contribution in [0.2, 0.25) is 0 Å². The van der Waals surface area contributed by atoms with E-state index in [-0.39, 0.29) is 0 Å². The molecular formula is C11H16F3NO3. The predicted molar refractivity (Wildman–Crippen MR) is 56.7 cm³/mol. The van der Waals surface area contributed by atoms with Crippen molar-refractivity contribution in [2.45, 2.75) is 39.4 Å². The van der Waals surface area contributed by atoms with Gasteiger partial charge in [0.25, 0.3) is 0 Å². The number of hydrogen-bond acceptors (Lipinski definition) is 2. The molecule has 2 N–H and O–H groups in total. The summed E-state index contributed by atoms with van der Waals surface area (Å²) in [6, 6.07) is -1.05. The number of carboxylic acid groups (broad SMARTS) is 1. The van der Waals surface area contributed by atoms with Crippen LogP contribution in [0.15, 0.2) is 0 Å². The topological polar surface area (TPSA) is 66.4 Å². The van der Waals surface area contributed by atoms with Gasteiger partial charge in [0.05, 0.1) is 18.3 Å². The van der Waals surface area contributed by atoms with Crippen LogP contribution in [-0.2, 0) is 9.59 Å². The normalized spacial score (nSPS) is 27.4. The van der Waals surface area contributed by atoms with Gasteiger partial charge in [0.1, 0.15) is 0 Å². The summed E-state index contributed by atoms with van der Waals surface area (Å²) in [5.74, 6) is -3.30. The maximum Gasteiger partial charge on any atom is 0.391 e. The molecule has 0 saturated heterocycles. The van der Waals surface area contributed by atoms with Crippen LogP contribution in [0.5, 0.6) is 0 Å². The molecule has 3 atom stereocenters. The smallest absolute Gasteiger partial charge is 0.391 e. The van der Waals surface area contributed by atoms with Crippen LogP contribution in [0.1, 0.15) is 27.2 Å². The first kappa shape index (κ1) is 14.8. The standard InChI is InChI=1S/C11H16F3NO3/c1-5(4-11(12,13)14)15-8(16)6-7(9(17)18)10(6,2)3/h5-7H,4H2,1-3H3,(H,15,16)(H,17,18)/t5?,6-,7+/m1/s1. The van der Waals surface area contributed by atoms with Crippen molar-refractivity contribution >= 4 is 11.9 Å². The second-order valence-electron chi connectivity index (χ2n) is 5.34. The lowest BCUT2D eigenvalue weighted by Crippen LogP contribution is -2.37. The molecule has 1 amide bonds. The molecule has 1 saturated carbocycles. The Balaban J connectivity index is 2.56. The first-order valence-electron chi connectivity index (χ1n) is 5.56. The monoisotopic (exact) mass is 267 g/mol. The van der Waals surface area contributed by atoms with Crippen molar-refractivity contribution in [3.8, 4) is 0 Å². The lowest BCUT2D eigenvalue weighted by molar-refractivity contribution is -0.144. The molecule has 1 rings (SSSR count). The zero-order valence-corrected chi connectivity index (χ0v) is 10.3. The summed E-state index contributed by atoms with van der Waals surface area (Å²) in [7, 11) is 0. The van der Waals surface area contributed by atoms with Crippen molar-refractivity contribution < 1.29 is 27.9 Å². The van der Waals surface area contributed by atoms with Gasteiger partial charge in [-0.05, 0) is 12.3 Å². The molecule has 0 radical (unpaired) electrons. The summed E-state index contributed by atoms with van der Waals surface area (Å²) < 4.78 is 36.3. The van der Waals surface area contributed by atoms with Crippen LogP contribution < -0.4 is 5.32 Å². The third-order valence-corrected chi connectivity index (χ3v) is 3.30. The highest BCUT2D eigenvalue weighted by molar-refractivity contribution is 5.91. The molecule has 104 valence electrons. The first-order chi connectivity index (χ1) is 7.97. The Kier molecular flexibility index (Phi) is 3.65. The summed E-state index contributed by atoms with van der Waals surface area (Å²) >= 11 is 0. The van der Waals surface area contributed by atoms with Gasteiger partial charge >= 0.3 is 12.1 Å². The summed E-state index contributed by atoms with van der Waals surface area (Å²) in [6.45, 7) is 4.48. The summed E-state index contributed by atoms with van der Waals surface area (Å²) in [5.41, 5.74) is -0.701. The Hall–Kier alpha value is -1.27. The molecule has 1 aliphatic carbocycles. The Labute approximate surface area is 103 Å². The van der Waals surface area contributed by atoms with E-state index in [0.717, 1.165) is 0 Å². The minimum atomic E-state index is -4.35. The number of carboxylic acids is 1. The average Bonchev–Trinajstić information content (AvgIpc) is 2.64. The second-order valence-corrected chi connectivity index (χ2v) is 5.34. The molecule has 0 aromatic rings. The maximum absolute atomic E-state index is 12.1. The van der Waals surface area contributed by atoms with E-state index >= 15 is 0 Å². The SMILES string of the molecule is CC(CC(F)(F)F)NC(=O)[C@H]1[C@@H](C(=O)O)C1(C)C. The van der Waals surface area contributed by atoms with Crippen molar-refractivity contribution in [3.05, 3.63) is 0 Å². The number of alkyl halides is 3. The van der Waals surface area contributed by atoms with Gasteiger partial charge < -0.3 is 10.4 Å². The number of rotatable bonds is 4. The predicted octanol–water partition coefficient (Wildman–Crippen LogP) is 1.80. The van der Waals surface area contributed by atoms with Gasteiger partial charge in [-0.3, -0.25) is 9.59 Å². The molecule has 1 fully saturated rings. The second kappa shape index (κ2) is 4.44. The van der Waals surface area contributed by atoms with Gasteiger partial charge in [-0.1, -0.05) is 13.8 Å². The number of halogens is 3. The molecule has 0 aromatic carbocycles. The zero-order valence-electron chi connectivity index (χ0n) is 10.3. The molecule has 1 unspecified atom stereocenters. The Bertz CT molecular complexity index is 365. The first-order valence-corrected chi connectivity index (χ1v) is 5.56. The maximum atomic E-state index is 12.1. The number of carbonyl (C=O) groups excluding carboxylic acids is 1. The lowest BCUT2D eigenvalue weighted by Gasteiger charge is -2.16. The van der Waals surface area contributed by atoms with Crippen molar-refractivity contribution in [2.24, 2.45) is 17.3 Å². The van der Waals surface area contributed by atoms with Crippen LogP contribution in [0, 0.1) is 17.3 Å². The molecule has 4 nitrogen and oxygen atoms in total. The van der Waals surface area contributed by atoms with E-state index in [1.807, 2.05) is 0 Å². The van der Waals surface area contributed by atoms with Gasteiger partial charge in [0.2, 0.25) is 5.91 Å². The molecule has 0 bridgehead atoms. The Morgan fingerprint density at radius 3 is 2.17 bits per heavy atom. The fourth-order valence-electron chi connectivity index (χ4n) is 2.32.